The van der Waals surface area contributed by atoms with E-state index in [1.807, 2.05) is 11.5 Å². The van der Waals surface area contributed by atoms with E-state index in [4.69, 9.17) is 0 Å². The summed E-state index contributed by atoms with van der Waals surface area (Å²) in [6.45, 7) is 2.75. The van der Waals surface area contributed by atoms with Crippen LogP contribution < -0.4 is 0 Å². The second-order valence-electron chi connectivity index (χ2n) is 3.60. The van der Waals surface area contributed by atoms with Crippen LogP contribution in [0.3, 0.4) is 0 Å². The first-order valence-electron chi connectivity index (χ1n) is 4.93. The average molecular weight is 219 g/mol. The van der Waals surface area contributed by atoms with Crippen LogP contribution in [-0.4, -0.2) is 10.2 Å². The highest BCUT2D eigenvalue weighted by molar-refractivity contribution is 8.00. The molecule has 0 saturated heterocycles. The molecule has 1 aliphatic heterocycles. The third kappa shape index (κ3) is 2.63. The molecule has 0 spiro atoms. The molecular weight excluding hydrogens is 206 g/mol. The van der Waals surface area contributed by atoms with E-state index in [9.17, 15) is 4.79 Å². The van der Waals surface area contributed by atoms with Gasteiger partial charge in [-0.05, 0) is 29.8 Å². The molecule has 0 atom stereocenters. The van der Waals surface area contributed by atoms with Gasteiger partial charge in [0, 0.05) is 6.42 Å². The molecular formula is C12H13NOS. The van der Waals surface area contributed by atoms with Gasteiger partial charge in [0.2, 0.25) is 5.91 Å². The van der Waals surface area contributed by atoms with Gasteiger partial charge in [0.05, 0.1) is 6.54 Å². The zero-order valence-corrected chi connectivity index (χ0v) is 9.46. The van der Waals surface area contributed by atoms with Crippen LogP contribution in [0, 0.1) is 6.92 Å². The van der Waals surface area contributed by atoms with Crippen molar-refractivity contribution in [2.75, 3.05) is 0 Å². The number of hydrogen-bond donors (Lipinski definition) is 0. The number of carbonyl (C=O) groups excluding carboxylic acids is 1. The Bertz CT molecular complexity index is 383. The van der Waals surface area contributed by atoms with Gasteiger partial charge in [-0.25, -0.2) is 0 Å². The van der Waals surface area contributed by atoms with Gasteiger partial charge < -0.3 is 0 Å². The first-order chi connectivity index (χ1) is 7.25. The molecule has 15 heavy (non-hydrogen) atoms. The molecule has 78 valence electrons. The molecule has 0 aliphatic carbocycles. The second kappa shape index (κ2) is 4.53. The predicted molar refractivity (Wildman–Crippen MR) is 63.1 cm³/mol. The average Bonchev–Trinajstić information content (AvgIpc) is 2.25. The van der Waals surface area contributed by atoms with E-state index < -0.39 is 0 Å². The third-order valence-corrected chi connectivity index (χ3v) is 3.20. The summed E-state index contributed by atoms with van der Waals surface area (Å²) in [4.78, 5) is 11.5. The third-order valence-electron chi connectivity index (χ3n) is 2.30. The molecule has 1 aromatic carbocycles. The lowest BCUT2D eigenvalue weighted by Gasteiger charge is -2.21. The maximum absolute atomic E-state index is 11.5. The second-order valence-corrected chi connectivity index (χ2v) is 4.52. The summed E-state index contributed by atoms with van der Waals surface area (Å²) in [7, 11) is 0. The smallest absolute Gasteiger partial charge is 0.236 e. The fourth-order valence-electron chi connectivity index (χ4n) is 1.41. The van der Waals surface area contributed by atoms with Crippen molar-refractivity contribution >= 4 is 17.9 Å². The predicted octanol–water partition coefficient (Wildman–Crippen LogP) is 2.89. The van der Waals surface area contributed by atoms with Gasteiger partial charge in [-0.1, -0.05) is 35.9 Å². The number of rotatable bonds is 2. The van der Waals surface area contributed by atoms with Gasteiger partial charge in [0.15, 0.2) is 0 Å². The number of benzene rings is 1. The Hall–Kier alpha value is -1.22. The lowest BCUT2D eigenvalue weighted by Crippen LogP contribution is -2.24. The molecule has 1 aliphatic rings. The van der Waals surface area contributed by atoms with Gasteiger partial charge >= 0.3 is 0 Å². The van der Waals surface area contributed by atoms with E-state index in [1.165, 1.54) is 23.1 Å². The Labute approximate surface area is 94.1 Å². The lowest BCUT2D eigenvalue weighted by atomic mass is 10.1. The maximum atomic E-state index is 11.5. The molecule has 0 fully saturated rings. The molecule has 0 N–H and O–H groups in total. The van der Waals surface area contributed by atoms with E-state index in [1.54, 1.807) is 4.31 Å². The van der Waals surface area contributed by atoms with Gasteiger partial charge in [-0.15, -0.1) is 0 Å². The van der Waals surface area contributed by atoms with Crippen LogP contribution in [0.4, 0.5) is 0 Å². The fraction of sp³-hybridized carbons (Fsp3) is 0.250. The van der Waals surface area contributed by atoms with Gasteiger partial charge in [-0.2, -0.15) is 0 Å². The first kappa shape index (κ1) is 10.3. The van der Waals surface area contributed by atoms with Crippen LogP contribution in [0.25, 0.3) is 0 Å². The molecule has 0 bridgehead atoms. The minimum atomic E-state index is 0.183. The zero-order valence-electron chi connectivity index (χ0n) is 8.64. The van der Waals surface area contributed by atoms with Crippen LogP contribution in [0.5, 0.6) is 0 Å². The van der Waals surface area contributed by atoms with Crippen molar-refractivity contribution in [2.45, 2.75) is 19.9 Å². The number of hydrogen-bond acceptors (Lipinski definition) is 2. The molecule has 0 aromatic heterocycles. The van der Waals surface area contributed by atoms with Crippen molar-refractivity contribution in [1.29, 1.82) is 0 Å². The molecule has 3 heteroatoms. The number of aryl methyl sites for hydroxylation is 1. The van der Waals surface area contributed by atoms with Crippen LogP contribution in [0.1, 0.15) is 17.5 Å². The van der Waals surface area contributed by atoms with E-state index in [0.717, 1.165) is 0 Å². The standard InChI is InChI=1S/C12H13NOS/c1-10-4-6-11(7-5-10)9-13-12(14)3-2-8-15-13/h2,4-8H,3,9H2,1H3. The van der Waals surface area contributed by atoms with Crippen molar-refractivity contribution in [3.63, 3.8) is 0 Å². The summed E-state index contributed by atoms with van der Waals surface area (Å²) in [6, 6.07) is 8.29. The van der Waals surface area contributed by atoms with Crippen LogP contribution >= 0.6 is 11.9 Å². The van der Waals surface area contributed by atoms with Crippen LogP contribution in [0.15, 0.2) is 35.7 Å². The highest BCUT2D eigenvalue weighted by atomic mass is 32.2. The van der Waals surface area contributed by atoms with Gasteiger partial charge in [-0.3, -0.25) is 9.10 Å². The van der Waals surface area contributed by atoms with Crippen molar-refractivity contribution < 1.29 is 4.79 Å². The summed E-state index contributed by atoms with van der Waals surface area (Å²) in [5.41, 5.74) is 2.42. The highest BCUT2D eigenvalue weighted by Crippen LogP contribution is 2.21. The van der Waals surface area contributed by atoms with E-state index in [2.05, 4.69) is 31.2 Å². The Morgan fingerprint density at radius 3 is 2.73 bits per heavy atom. The van der Waals surface area contributed by atoms with Crippen LogP contribution in [-0.2, 0) is 11.3 Å². The number of amides is 1. The normalized spacial score (nSPS) is 15.8. The molecule has 0 unspecified atom stereocenters. The minimum absolute atomic E-state index is 0.183. The first-order valence-corrected chi connectivity index (χ1v) is 5.77. The monoisotopic (exact) mass is 219 g/mol. The van der Waals surface area contributed by atoms with E-state index in [0.29, 0.717) is 13.0 Å². The van der Waals surface area contributed by atoms with Crippen molar-refractivity contribution in [3.8, 4) is 0 Å². The topological polar surface area (TPSA) is 20.3 Å². The Kier molecular flexibility index (Phi) is 3.11. The van der Waals surface area contributed by atoms with Crippen LogP contribution in [0.2, 0.25) is 0 Å². The molecule has 1 aromatic rings. The Balaban J connectivity index is 2.05. The summed E-state index contributed by atoms with van der Waals surface area (Å²) < 4.78 is 1.80. The summed E-state index contributed by atoms with van der Waals surface area (Å²) >= 11 is 1.47. The Morgan fingerprint density at radius 2 is 2.07 bits per heavy atom. The highest BCUT2D eigenvalue weighted by Gasteiger charge is 2.15. The molecule has 0 radical (unpaired) electrons. The molecule has 2 nitrogen and oxygen atoms in total. The Morgan fingerprint density at radius 1 is 1.33 bits per heavy atom. The minimum Gasteiger partial charge on any atom is -0.278 e. The maximum Gasteiger partial charge on any atom is 0.236 e. The fourth-order valence-corrected chi connectivity index (χ4v) is 2.16. The number of nitrogens with zero attached hydrogens (tertiary/aromatic N) is 1. The quantitative estimate of drug-likeness (QED) is 0.713. The van der Waals surface area contributed by atoms with E-state index >= 15 is 0 Å². The largest absolute Gasteiger partial charge is 0.278 e. The van der Waals surface area contributed by atoms with Crippen molar-refractivity contribution in [3.05, 3.63) is 46.9 Å². The summed E-state index contributed by atoms with van der Waals surface area (Å²) in [6.07, 6.45) is 2.43. The summed E-state index contributed by atoms with van der Waals surface area (Å²) in [5.74, 6) is 0.183. The zero-order chi connectivity index (χ0) is 10.7. The van der Waals surface area contributed by atoms with Gasteiger partial charge in [0.1, 0.15) is 0 Å². The SMILES string of the molecule is Cc1ccc(CN2SC=CCC2=O)cc1. The lowest BCUT2D eigenvalue weighted by molar-refractivity contribution is -0.125. The van der Waals surface area contributed by atoms with Gasteiger partial charge in [0.25, 0.3) is 0 Å². The molecule has 2 rings (SSSR count). The number of carbonyl (C=O) groups is 1. The van der Waals surface area contributed by atoms with Crippen molar-refractivity contribution in [2.24, 2.45) is 0 Å². The van der Waals surface area contributed by atoms with Crippen molar-refractivity contribution in [1.82, 2.24) is 4.31 Å². The molecule has 1 amide bonds. The van der Waals surface area contributed by atoms with E-state index in [-0.39, 0.29) is 5.91 Å². The molecule has 0 saturated carbocycles. The summed E-state index contributed by atoms with van der Waals surface area (Å²) in [5, 5.41) is 1.97. The molecule has 1 heterocycles.